The second-order valence-electron chi connectivity index (χ2n) is 5.31. The number of halogens is 2. The Morgan fingerprint density at radius 1 is 1.21 bits per heavy atom. The normalized spacial score (nSPS) is 11.7. The Balaban J connectivity index is 2.11. The van der Waals surface area contributed by atoms with Crippen LogP contribution in [-0.4, -0.2) is 20.1 Å². The molecule has 0 aliphatic rings. The average molecular weight is 352 g/mol. The summed E-state index contributed by atoms with van der Waals surface area (Å²) in [6, 6.07) is 9.29. The van der Waals surface area contributed by atoms with Crippen LogP contribution in [0.1, 0.15) is 24.1 Å². The van der Waals surface area contributed by atoms with Crippen LogP contribution in [0.25, 0.3) is 0 Å². The first-order chi connectivity index (χ1) is 11.4. The predicted molar refractivity (Wildman–Crippen MR) is 91.2 cm³/mol. The van der Waals surface area contributed by atoms with E-state index < -0.39 is 5.82 Å². The molecule has 0 fully saturated rings. The van der Waals surface area contributed by atoms with Crippen molar-refractivity contribution in [2.75, 3.05) is 14.2 Å². The van der Waals surface area contributed by atoms with Gasteiger partial charge < -0.3 is 14.8 Å². The minimum absolute atomic E-state index is 0.0698. The van der Waals surface area contributed by atoms with Crippen LogP contribution in [0.3, 0.4) is 0 Å². The van der Waals surface area contributed by atoms with E-state index in [4.69, 9.17) is 21.1 Å². The lowest BCUT2D eigenvalue weighted by molar-refractivity contribution is -0.121. The zero-order valence-corrected chi connectivity index (χ0v) is 14.5. The molecule has 0 aliphatic carbocycles. The molecule has 0 aliphatic heterocycles. The zero-order chi connectivity index (χ0) is 17.7. The minimum Gasteiger partial charge on any atom is -0.497 e. The molecule has 1 N–H and O–H groups in total. The number of benzene rings is 2. The Labute approximate surface area is 145 Å². The quantitative estimate of drug-likeness (QED) is 0.858. The Morgan fingerprint density at radius 2 is 1.96 bits per heavy atom. The Bertz CT molecular complexity index is 736. The van der Waals surface area contributed by atoms with Crippen LogP contribution >= 0.6 is 11.6 Å². The maximum Gasteiger partial charge on any atom is 0.225 e. The van der Waals surface area contributed by atoms with Gasteiger partial charge in [-0.3, -0.25) is 4.79 Å². The summed E-state index contributed by atoms with van der Waals surface area (Å²) in [7, 11) is 3.13. The van der Waals surface area contributed by atoms with E-state index in [0.717, 1.165) is 5.56 Å². The molecular formula is C18H19ClFNO3. The van der Waals surface area contributed by atoms with Crippen LogP contribution in [0.5, 0.6) is 11.5 Å². The number of nitrogens with one attached hydrogen (secondary N) is 1. The van der Waals surface area contributed by atoms with E-state index in [1.807, 2.05) is 6.92 Å². The first kappa shape index (κ1) is 18.1. The van der Waals surface area contributed by atoms with Crippen molar-refractivity contribution in [2.45, 2.75) is 19.4 Å². The molecule has 0 saturated carbocycles. The average Bonchev–Trinajstić information content (AvgIpc) is 2.56. The van der Waals surface area contributed by atoms with E-state index in [-0.39, 0.29) is 18.4 Å². The molecule has 2 rings (SSSR count). The fourth-order valence-corrected chi connectivity index (χ4v) is 2.54. The van der Waals surface area contributed by atoms with E-state index in [9.17, 15) is 9.18 Å². The van der Waals surface area contributed by atoms with Crippen molar-refractivity contribution in [3.8, 4) is 11.5 Å². The summed E-state index contributed by atoms with van der Waals surface area (Å²) in [6.45, 7) is 1.83. The molecule has 128 valence electrons. The predicted octanol–water partition coefficient (Wildman–Crippen LogP) is 3.92. The molecule has 0 spiro atoms. The Hall–Kier alpha value is -2.27. The lowest BCUT2D eigenvalue weighted by atomic mass is 10.1. The fraction of sp³-hybridized carbons (Fsp3) is 0.278. The maximum absolute atomic E-state index is 13.8. The lowest BCUT2D eigenvalue weighted by Gasteiger charge is -2.18. The van der Waals surface area contributed by atoms with Gasteiger partial charge in [0.25, 0.3) is 0 Å². The van der Waals surface area contributed by atoms with Gasteiger partial charge in [-0.25, -0.2) is 4.39 Å². The number of rotatable bonds is 6. The van der Waals surface area contributed by atoms with Gasteiger partial charge in [0.2, 0.25) is 5.91 Å². The molecule has 24 heavy (non-hydrogen) atoms. The summed E-state index contributed by atoms with van der Waals surface area (Å²) in [5.74, 6) is 0.509. The molecule has 0 saturated heterocycles. The van der Waals surface area contributed by atoms with Crippen LogP contribution in [0, 0.1) is 5.82 Å². The first-order valence-electron chi connectivity index (χ1n) is 7.39. The highest BCUT2D eigenvalue weighted by Crippen LogP contribution is 2.29. The maximum atomic E-state index is 13.8. The van der Waals surface area contributed by atoms with Gasteiger partial charge in [0.05, 0.1) is 26.7 Å². The van der Waals surface area contributed by atoms with Gasteiger partial charge in [0.1, 0.15) is 17.3 Å². The molecule has 1 atom stereocenters. The number of hydrogen-bond donors (Lipinski definition) is 1. The Morgan fingerprint density at radius 3 is 2.58 bits per heavy atom. The molecule has 1 amide bonds. The van der Waals surface area contributed by atoms with Gasteiger partial charge in [0, 0.05) is 10.6 Å². The largest absolute Gasteiger partial charge is 0.497 e. The third-order valence-electron chi connectivity index (χ3n) is 3.65. The highest BCUT2D eigenvalue weighted by atomic mass is 35.5. The molecule has 0 unspecified atom stereocenters. The summed E-state index contributed by atoms with van der Waals surface area (Å²) >= 11 is 5.71. The van der Waals surface area contributed by atoms with Gasteiger partial charge in [-0.05, 0) is 42.8 Å². The molecule has 0 aromatic heterocycles. The molecule has 2 aromatic carbocycles. The van der Waals surface area contributed by atoms with Gasteiger partial charge in [-0.1, -0.05) is 17.7 Å². The number of methoxy groups -OCH3 is 2. The Kier molecular flexibility index (Phi) is 6.04. The monoisotopic (exact) mass is 351 g/mol. The third-order valence-corrected chi connectivity index (χ3v) is 3.88. The summed E-state index contributed by atoms with van der Waals surface area (Å²) in [4.78, 5) is 12.2. The second-order valence-corrected chi connectivity index (χ2v) is 5.75. The molecule has 0 radical (unpaired) electrons. The number of amides is 1. The van der Waals surface area contributed by atoms with Gasteiger partial charge in [0.15, 0.2) is 0 Å². The fourth-order valence-electron chi connectivity index (χ4n) is 2.39. The van der Waals surface area contributed by atoms with E-state index in [0.29, 0.717) is 22.1 Å². The topological polar surface area (TPSA) is 47.6 Å². The number of carbonyl (C=O) groups is 1. The molecule has 0 bridgehead atoms. The van der Waals surface area contributed by atoms with E-state index >= 15 is 0 Å². The number of hydrogen-bond acceptors (Lipinski definition) is 3. The van der Waals surface area contributed by atoms with Crippen LogP contribution in [0.4, 0.5) is 4.39 Å². The van der Waals surface area contributed by atoms with Crippen molar-refractivity contribution in [1.82, 2.24) is 5.32 Å². The molecule has 2 aromatic rings. The number of ether oxygens (including phenoxy) is 2. The van der Waals surface area contributed by atoms with Gasteiger partial charge in [-0.2, -0.15) is 0 Å². The highest BCUT2D eigenvalue weighted by molar-refractivity contribution is 6.30. The standard InChI is InChI=1S/C18H19ClFNO3/c1-11(15-10-14(23-2)6-7-17(15)24-3)21-18(22)8-12-4-5-13(19)9-16(12)20/h4-7,9-11H,8H2,1-3H3,(H,21,22)/t11-/m1/s1. The SMILES string of the molecule is COc1ccc(OC)c([C@@H](C)NC(=O)Cc2ccc(Cl)cc2F)c1. The highest BCUT2D eigenvalue weighted by Gasteiger charge is 2.16. The van der Waals surface area contributed by atoms with E-state index in [2.05, 4.69) is 5.32 Å². The van der Waals surface area contributed by atoms with E-state index in [1.165, 1.54) is 12.1 Å². The van der Waals surface area contributed by atoms with Crippen molar-refractivity contribution in [3.63, 3.8) is 0 Å². The first-order valence-corrected chi connectivity index (χ1v) is 7.77. The lowest BCUT2D eigenvalue weighted by Crippen LogP contribution is -2.28. The van der Waals surface area contributed by atoms with Gasteiger partial charge >= 0.3 is 0 Å². The minimum atomic E-state index is -0.496. The zero-order valence-electron chi connectivity index (χ0n) is 13.7. The van der Waals surface area contributed by atoms with Gasteiger partial charge in [-0.15, -0.1) is 0 Å². The molecule has 0 heterocycles. The van der Waals surface area contributed by atoms with Crippen molar-refractivity contribution in [3.05, 3.63) is 58.4 Å². The molecule has 4 nitrogen and oxygen atoms in total. The molecular weight excluding hydrogens is 333 g/mol. The van der Waals surface area contributed by atoms with Crippen molar-refractivity contribution < 1.29 is 18.7 Å². The van der Waals surface area contributed by atoms with Crippen LogP contribution < -0.4 is 14.8 Å². The molecule has 6 heteroatoms. The summed E-state index contributed by atoms with van der Waals surface area (Å²) < 4.78 is 24.3. The van der Waals surface area contributed by atoms with Crippen molar-refractivity contribution >= 4 is 17.5 Å². The van der Waals surface area contributed by atoms with E-state index in [1.54, 1.807) is 38.5 Å². The van der Waals surface area contributed by atoms with Crippen molar-refractivity contribution in [2.24, 2.45) is 0 Å². The van der Waals surface area contributed by atoms with Crippen LogP contribution in [0.15, 0.2) is 36.4 Å². The summed E-state index contributed by atoms with van der Waals surface area (Å²) in [6.07, 6.45) is -0.0698. The second kappa shape index (κ2) is 8.02. The third kappa shape index (κ3) is 4.38. The number of carbonyl (C=O) groups excluding carboxylic acids is 1. The van der Waals surface area contributed by atoms with Crippen molar-refractivity contribution in [1.29, 1.82) is 0 Å². The summed E-state index contributed by atoms with van der Waals surface area (Å²) in [5.41, 5.74) is 1.07. The summed E-state index contributed by atoms with van der Waals surface area (Å²) in [5, 5.41) is 3.14. The van der Waals surface area contributed by atoms with Crippen LogP contribution in [0.2, 0.25) is 5.02 Å². The van der Waals surface area contributed by atoms with Crippen LogP contribution in [-0.2, 0) is 11.2 Å². The smallest absolute Gasteiger partial charge is 0.225 e.